The molecule has 0 aromatic rings. The Hall–Kier alpha value is -1.26. The van der Waals surface area contributed by atoms with Crippen molar-refractivity contribution in [3.8, 4) is 0 Å². The maximum absolute atomic E-state index is 12.1. The number of nitrogens with zero attached hydrogens (tertiary/aromatic N) is 1. The first-order valence-electron chi connectivity index (χ1n) is 7.38. The molecule has 5 nitrogen and oxygen atoms in total. The highest BCUT2D eigenvalue weighted by atomic mass is 16.4. The number of hydrogen-bond acceptors (Lipinski definition) is 2. The molecular weight excluding hydrogens is 244 g/mol. The molecule has 0 bridgehead atoms. The van der Waals surface area contributed by atoms with Gasteiger partial charge in [0.2, 0.25) is 0 Å². The molecule has 5 heteroatoms. The van der Waals surface area contributed by atoms with Crippen molar-refractivity contribution < 1.29 is 14.7 Å². The molecule has 3 rings (SSSR count). The molecule has 2 aliphatic carbocycles. The summed E-state index contributed by atoms with van der Waals surface area (Å²) in [6, 6.07) is -0.0677. The zero-order chi connectivity index (χ0) is 13.5. The van der Waals surface area contributed by atoms with E-state index in [1.807, 2.05) is 0 Å². The smallest absolute Gasteiger partial charge is 0.317 e. The van der Waals surface area contributed by atoms with Crippen LogP contribution in [0, 0.1) is 17.3 Å². The third kappa shape index (κ3) is 2.09. The fourth-order valence-corrected chi connectivity index (χ4v) is 3.83. The average molecular weight is 266 g/mol. The third-order valence-electron chi connectivity index (χ3n) is 5.35. The molecule has 0 spiro atoms. The number of hydrogen-bond donors (Lipinski definition) is 2. The van der Waals surface area contributed by atoms with Gasteiger partial charge in [0.25, 0.3) is 0 Å². The number of urea groups is 1. The first-order chi connectivity index (χ1) is 9.12. The predicted molar refractivity (Wildman–Crippen MR) is 69.7 cm³/mol. The number of nitrogens with one attached hydrogen (secondary N) is 1. The number of fused-ring (bicyclic) bond motifs is 1. The first kappa shape index (κ1) is 12.8. The van der Waals surface area contributed by atoms with Gasteiger partial charge < -0.3 is 15.3 Å². The number of carbonyl (C=O) groups is 2. The summed E-state index contributed by atoms with van der Waals surface area (Å²) >= 11 is 0. The molecule has 0 aromatic carbocycles. The monoisotopic (exact) mass is 266 g/mol. The molecule has 1 aliphatic heterocycles. The topological polar surface area (TPSA) is 69.6 Å². The van der Waals surface area contributed by atoms with Crippen molar-refractivity contribution in [2.75, 3.05) is 19.6 Å². The normalized spacial score (nSPS) is 33.9. The van der Waals surface area contributed by atoms with Crippen LogP contribution in [0.2, 0.25) is 0 Å². The van der Waals surface area contributed by atoms with E-state index in [0.29, 0.717) is 19.0 Å². The van der Waals surface area contributed by atoms with Crippen molar-refractivity contribution in [2.45, 2.75) is 38.5 Å². The Morgan fingerprint density at radius 1 is 1.26 bits per heavy atom. The van der Waals surface area contributed by atoms with Crippen molar-refractivity contribution in [2.24, 2.45) is 17.3 Å². The highest BCUT2D eigenvalue weighted by molar-refractivity contribution is 5.80. The number of aliphatic carboxylic acids is 1. The molecule has 0 aromatic heterocycles. The van der Waals surface area contributed by atoms with Crippen molar-refractivity contribution in [3.05, 3.63) is 0 Å². The summed E-state index contributed by atoms with van der Waals surface area (Å²) in [5, 5.41) is 12.4. The van der Waals surface area contributed by atoms with Crippen LogP contribution in [-0.4, -0.2) is 41.6 Å². The van der Waals surface area contributed by atoms with E-state index in [0.717, 1.165) is 25.8 Å². The van der Waals surface area contributed by atoms with E-state index in [-0.39, 0.29) is 11.9 Å². The van der Waals surface area contributed by atoms with Crippen molar-refractivity contribution in [3.63, 3.8) is 0 Å². The summed E-state index contributed by atoms with van der Waals surface area (Å²) in [5.41, 5.74) is -0.659. The van der Waals surface area contributed by atoms with E-state index in [2.05, 4.69) is 5.32 Å². The molecule has 3 fully saturated rings. The van der Waals surface area contributed by atoms with E-state index in [9.17, 15) is 14.7 Å². The van der Waals surface area contributed by atoms with Gasteiger partial charge in [0.15, 0.2) is 0 Å². The van der Waals surface area contributed by atoms with Gasteiger partial charge in [0, 0.05) is 19.6 Å². The maximum atomic E-state index is 12.1. The van der Waals surface area contributed by atoms with Crippen LogP contribution in [0.3, 0.4) is 0 Å². The standard InChI is InChI=1S/C14H22N2O3/c17-12(18)14-6-2-5-11(14)8-16(9-14)13(19)15-7-10-3-1-4-10/h10-11H,1-9H2,(H,15,19)(H,17,18)/t11-,14+/m0/s1. The molecule has 3 aliphatic rings. The largest absolute Gasteiger partial charge is 0.481 e. The summed E-state index contributed by atoms with van der Waals surface area (Å²) in [4.78, 5) is 25.4. The number of carboxylic acids is 1. The fraction of sp³-hybridized carbons (Fsp3) is 0.857. The lowest BCUT2D eigenvalue weighted by Crippen LogP contribution is -2.43. The van der Waals surface area contributed by atoms with Gasteiger partial charge in [-0.2, -0.15) is 0 Å². The second-order valence-corrected chi connectivity index (χ2v) is 6.41. The van der Waals surface area contributed by atoms with E-state index in [1.165, 1.54) is 19.3 Å². The minimum Gasteiger partial charge on any atom is -0.481 e. The van der Waals surface area contributed by atoms with Gasteiger partial charge in [0.1, 0.15) is 0 Å². The van der Waals surface area contributed by atoms with Crippen LogP contribution in [0.15, 0.2) is 0 Å². The van der Waals surface area contributed by atoms with Gasteiger partial charge in [-0.1, -0.05) is 12.8 Å². The molecule has 0 radical (unpaired) electrons. The number of amides is 2. The van der Waals surface area contributed by atoms with Crippen LogP contribution >= 0.6 is 0 Å². The Kier molecular flexibility index (Phi) is 3.15. The van der Waals surface area contributed by atoms with Crippen molar-refractivity contribution in [1.29, 1.82) is 0 Å². The molecule has 1 heterocycles. The van der Waals surface area contributed by atoms with Crippen LogP contribution in [0.1, 0.15) is 38.5 Å². The Morgan fingerprint density at radius 3 is 2.63 bits per heavy atom. The highest BCUT2D eigenvalue weighted by Crippen LogP contribution is 2.48. The molecule has 2 amide bonds. The lowest BCUT2D eigenvalue weighted by atomic mass is 9.81. The SMILES string of the molecule is O=C(NCC1CCC1)N1C[C@@H]2CCC[C@@]2(C(=O)O)C1. The molecule has 2 N–H and O–H groups in total. The molecule has 106 valence electrons. The Labute approximate surface area is 113 Å². The summed E-state index contributed by atoms with van der Waals surface area (Å²) < 4.78 is 0. The maximum Gasteiger partial charge on any atom is 0.317 e. The summed E-state index contributed by atoms with van der Waals surface area (Å²) in [5.74, 6) is 0.0724. The van der Waals surface area contributed by atoms with Crippen LogP contribution in [-0.2, 0) is 4.79 Å². The number of carboxylic acid groups (broad SMARTS) is 1. The van der Waals surface area contributed by atoms with Crippen LogP contribution in [0.4, 0.5) is 4.79 Å². The lowest BCUT2D eigenvalue weighted by molar-refractivity contribution is -0.149. The quantitative estimate of drug-likeness (QED) is 0.816. The van der Waals surface area contributed by atoms with E-state index >= 15 is 0 Å². The number of rotatable bonds is 3. The molecular formula is C14H22N2O3. The van der Waals surface area contributed by atoms with Crippen molar-refractivity contribution >= 4 is 12.0 Å². The fourth-order valence-electron chi connectivity index (χ4n) is 3.83. The molecule has 19 heavy (non-hydrogen) atoms. The summed E-state index contributed by atoms with van der Waals surface area (Å²) in [6.07, 6.45) is 6.34. The molecule has 0 unspecified atom stereocenters. The molecule has 2 saturated carbocycles. The summed E-state index contributed by atoms with van der Waals surface area (Å²) in [6.45, 7) is 1.76. The number of carbonyl (C=O) groups excluding carboxylic acids is 1. The first-order valence-corrected chi connectivity index (χ1v) is 7.38. The average Bonchev–Trinajstić information content (AvgIpc) is 2.83. The molecule has 1 saturated heterocycles. The van der Waals surface area contributed by atoms with Gasteiger partial charge >= 0.3 is 12.0 Å². The van der Waals surface area contributed by atoms with E-state index in [1.54, 1.807) is 4.90 Å². The van der Waals surface area contributed by atoms with Crippen LogP contribution in [0.25, 0.3) is 0 Å². The van der Waals surface area contributed by atoms with E-state index in [4.69, 9.17) is 0 Å². The van der Waals surface area contributed by atoms with E-state index < -0.39 is 11.4 Å². The van der Waals surface area contributed by atoms with Gasteiger partial charge in [-0.15, -0.1) is 0 Å². The zero-order valence-corrected chi connectivity index (χ0v) is 11.2. The second-order valence-electron chi connectivity index (χ2n) is 6.41. The number of likely N-dealkylation sites (tertiary alicyclic amines) is 1. The highest BCUT2D eigenvalue weighted by Gasteiger charge is 2.55. The zero-order valence-electron chi connectivity index (χ0n) is 11.2. The predicted octanol–water partition coefficient (Wildman–Crippen LogP) is 1.68. The van der Waals surface area contributed by atoms with Gasteiger partial charge in [0.05, 0.1) is 5.41 Å². The Bertz CT molecular complexity index is 394. The van der Waals surface area contributed by atoms with Crippen LogP contribution in [0.5, 0.6) is 0 Å². The third-order valence-corrected chi connectivity index (χ3v) is 5.35. The van der Waals surface area contributed by atoms with Crippen LogP contribution < -0.4 is 5.32 Å². The summed E-state index contributed by atoms with van der Waals surface area (Å²) in [7, 11) is 0. The van der Waals surface area contributed by atoms with Gasteiger partial charge in [-0.05, 0) is 37.5 Å². The minimum atomic E-state index is -0.718. The molecule has 2 atom stereocenters. The lowest BCUT2D eigenvalue weighted by Gasteiger charge is -2.27. The van der Waals surface area contributed by atoms with Gasteiger partial charge in [-0.25, -0.2) is 4.79 Å². The minimum absolute atomic E-state index is 0.0677. The second kappa shape index (κ2) is 4.69. The Balaban J connectivity index is 1.58. The van der Waals surface area contributed by atoms with Crippen molar-refractivity contribution in [1.82, 2.24) is 10.2 Å². The Morgan fingerprint density at radius 2 is 2.05 bits per heavy atom. The van der Waals surface area contributed by atoms with Gasteiger partial charge in [-0.3, -0.25) is 4.79 Å².